The van der Waals surface area contributed by atoms with Crippen LogP contribution in [-0.2, 0) is 16.0 Å². The summed E-state index contributed by atoms with van der Waals surface area (Å²) in [5.74, 6) is -1.80. The molecule has 120 valence electrons. The van der Waals surface area contributed by atoms with Gasteiger partial charge in [-0.25, -0.2) is 4.39 Å². The maximum absolute atomic E-state index is 12.8. The summed E-state index contributed by atoms with van der Waals surface area (Å²) in [6, 6.07) is 11.0. The van der Waals surface area contributed by atoms with Crippen molar-refractivity contribution >= 4 is 29.1 Å². The van der Waals surface area contributed by atoms with E-state index in [1.165, 1.54) is 12.1 Å². The van der Waals surface area contributed by atoms with Crippen molar-refractivity contribution in [2.24, 2.45) is 0 Å². The van der Waals surface area contributed by atoms with Gasteiger partial charge in [-0.05, 0) is 48.7 Å². The number of carbonyl (C=O) groups is 2. The summed E-state index contributed by atoms with van der Waals surface area (Å²) in [4.78, 5) is 23.6. The third kappa shape index (κ3) is 4.79. The lowest BCUT2D eigenvalue weighted by Gasteiger charge is -2.09. The van der Waals surface area contributed by atoms with Gasteiger partial charge in [0.2, 0.25) is 0 Å². The third-order valence-corrected chi connectivity index (χ3v) is 3.74. The lowest BCUT2D eigenvalue weighted by atomic mass is 10.1. The monoisotopic (exact) mass is 334 g/mol. The van der Waals surface area contributed by atoms with Gasteiger partial charge in [0.15, 0.2) is 0 Å². The van der Waals surface area contributed by atoms with Crippen molar-refractivity contribution in [3.63, 3.8) is 0 Å². The molecule has 0 unspecified atom stereocenters. The molecule has 0 saturated heterocycles. The number of rotatable bonds is 4. The molecule has 0 saturated carbocycles. The zero-order valence-electron chi connectivity index (χ0n) is 12.5. The predicted molar refractivity (Wildman–Crippen MR) is 87.9 cm³/mol. The SMILES string of the molecule is Cc1c(Cl)cccc1NC(=O)C(=O)NCCc1ccc(F)cc1. The van der Waals surface area contributed by atoms with Crippen LogP contribution >= 0.6 is 11.6 Å². The molecule has 0 aliphatic heterocycles. The van der Waals surface area contributed by atoms with Crippen molar-refractivity contribution in [1.29, 1.82) is 0 Å². The summed E-state index contributed by atoms with van der Waals surface area (Å²) in [5, 5.41) is 5.56. The second kappa shape index (κ2) is 7.74. The van der Waals surface area contributed by atoms with Gasteiger partial charge in [0, 0.05) is 17.3 Å². The molecule has 0 aliphatic carbocycles. The van der Waals surface area contributed by atoms with Gasteiger partial charge in [-0.2, -0.15) is 0 Å². The molecule has 2 amide bonds. The Kier molecular flexibility index (Phi) is 5.71. The minimum Gasteiger partial charge on any atom is -0.347 e. The zero-order chi connectivity index (χ0) is 16.8. The Balaban J connectivity index is 1.84. The number of carbonyl (C=O) groups excluding carboxylic acids is 2. The van der Waals surface area contributed by atoms with E-state index in [0.29, 0.717) is 22.7 Å². The van der Waals surface area contributed by atoms with Crippen LogP contribution in [0.25, 0.3) is 0 Å². The zero-order valence-corrected chi connectivity index (χ0v) is 13.3. The Morgan fingerprint density at radius 2 is 1.78 bits per heavy atom. The summed E-state index contributed by atoms with van der Waals surface area (Å²) >= 11 is 5.96. The van der Waals surface area contributed by atoms with Crippen LogP contribution in [0, 0.1) is 12.7 Å². The van der Waals surface area contributed by atoms with Gasteiger partial charge in [0.25, 0.3) is 0 Å². The van der Waals surface area contributed by atoms with E-state index in [0.717, 1.165) is 5.56 Å². The highest BCUT2D eigenvalue weighted by Gasteiger charge is 2.14. The molecule has 2 N–H and O–H groups in total. The third-order valence-electron chi connectivity index (χ3n) is 3.33. The van der Waals surface area contributed by atoms with E-state index in [1.54, 1.807) is 37.3 Å². The summed E-state index contributed by atoms with van der Waals surface area (Å²) in [6.45, 7) is 2.04. The molecule has 4 nitrogen and oxygen atoms in total. The minimum absolute atomic E-state index is 0.284. The number of benzene rings is 2. The van der Waals surface area contributed by atoms with E-state index < -0.39 is 11.8 Å². The summed E-state index contributed by atoms with van der Waals surface area (Å²) in [7, 11) is 0. The van der Waals surface area contributed by atoms with E-state index in [1.807, 2.05) is 0 Å². The second-order valence-corrected chi connectivity index (χ2v) is 5.41. The van der Waals surface area contributed by atoms with Gasteiger partial charge in [-0.1, -0.05) is 29.8 Å². The molecule has 0 bridgehead atoms. The molecule has 2 rings (SSSR count). The van der Waals surface area contributed by atoms with Crippen molar-refractivity contribution in [1.82, 2.24) is 5.32 Å². The number of amides is 2. The van der Waals surface area contributed by atoms with Crippen molar-refractivity contribution in [3.8, 4) is 0 Å². The molecule has 2 aromatic carbocycles. The number of hydrogen-bond donors (Lipinski definition) is 2. The fourth-order valence-electron chi connectivity index (χ4n) is 1.97. The Morgan fingerprint density at radius 1 is 1.09 bits per heavy atom. The van der Waals surface area contributed by atoms with Gasteiger partial charge in [-0.15, -0.1) is 0 Å². The standard InChI is InChI=1S/C17H16ClFN2O2/c1-11-14(18)3-2-4-15(11)21-17(23)16(22)20-10-9-12-5-7-13(19)8-6-12/h2-8H,9-10H2,1H3,(H,20,22)(H,21,23). The topological polar surface area (TPSA) is 58.2 Å². The molecular formula is C17H16ClFN2O2. The van der Waals surface area contributed by atoms with Crippen LogP contribution in [0.3, 0.4) is 0 Å². The number of nitrogens with one attached hydrogen (secondary N) is 2. The second-order valence-electron chi connectivity index (χ2n) is 5.00. The fourth-order valence-corrected chi connectivity index (χ4v) is 2.15. The van der Waals surface area contributed by atoms with Gasteiger partial charge in [0.05, 0.1) is 0 Å². The van der Waals surface area contributed by atoms with Crippen LogP contribution in [-0.4, -0.2) is 18.4 Å². The molecule has 0 spiro atoms. The van der Waals surface area contributed by atoms with Gasteiger partial charge < -0.3 is 10.6 Å². The van der Waals surface area contributed by atoms with E-state index in [2.05, 4.69) is 10.6 Å². The quantitative estimate of drug-likeness (QED) is 0.844. The molecule has 0 fully saturated rings. The lowest BCUT2D eigenvalue weighted by Crippen LogP contribution is -2.36. The first-order valence-corrected chi connectivity index (χ1v) is 7.44. The number of anilines is 1. The van der Waals surface area contributed by atoms with Crippen LogP contribution in [0.2, 0.25) is 5.02 Å². The molecule has 23 heavy (non-hydrogen) atoms. The van der Waals surface area contributed by atoms with E-state index in [-0.39, 0.29) is 12.4 Å². The molecule has 0 atom stereocenters. The summed E-state index contributed by atoms with van der Waals surface area (Å²) < 4.78 is 12.8. The summed E-state index contributed by atoms with van der Waals surface area (Å²) in [6.07, 6.45) is 0.509. The first kappa shape index (κ1) is 17.0. The van der Waals surface area contributed by atoms with Crippen LogP contribution < -0.4 is 10.6 Å². The van der Waals surface area contributed by atoms with Crippen molar-refractivity contribution in [2.75, 3.05) is 11.9 Å². The van der Waals surface area contributed by atoms with Crippen molar-refractivity contribution in [2.45, 2.75) is 13.3 Å². The number of hydrogen-bond acceptors (Lipinski definition) is 2. The lowest BCUT2D eigenvalue weighted by molar-refractivity contribution is -0.136. The van der Waals surface area contributed by atoms with Gasteiger partial charge in [0.1, 0.15) is 5.82 Å². The Bertz CT molecular complexity index is 717. The molecule has 0 radical (unpaired) electrons. The first-order chi connectivity index (χ1) is 11.0. The van der Waals surface area contributed by atoms with Crippen LogP contribution in [0.5, 0.6) is 0 Å². The molecule has 0 aliphatic rings. The van der Waals surface area contributed by atoms with E-state index >= 15 is 0 Å². The van der Waals surface area contributed by atoms with E-state index in [4.69, 9.17) is 11.6 Å². The molecule has 6 heteroatoms. The highest BCUT2D eigenvalue weighted by atomic mass is 35.5. The maximum atomic E-state index is 12.8. The van der Waals surface area contributed by atoms with Crippen molar-refractivity contribution in [3.05, 3.63) is 64.4 Å². The Hall–Kier alpha value is -2.40. The maximum Gasteiger partial charge on any atom is 0.313 e. The average Bonchev–Trinajstić information content (AvgIpc) is 2.53. The van der Waals surface area contributed by atoms with E-state index in [9.17, 15) is 14.0 Å². The first-order valence-electron chi connectivity index (χ1n) is 7.06. The highest BCUT2D eigenvalue weighted by molar-refractivity contribution is 6.40. The predicted octanol–water partition coefficient (Wildman–Crippen LogP) is 3.08. The van der Waals surface area contributed by atoms with Crippen LogP contribution in [0.4, 0.5) is 10.1 Å². The van der Waals surface area contributed by atoms with Gasteiger partial charge in [-0.3, -0.25) is 9.59 Å². The fraction of sp³-hybridized carbons (Fsp3) is 0.176. The highest BCUT2D eigenvalue weighted by Crippen LogP contribution is 2.22. The van der Waals surface area contributed by atoms with Gasteiger partial charge >= 0.3 is 11.8 Å². The molecule has 2 aromatic rings. The Morgan fingerprint density at radius 3 is 2.48 bits per heavy atom. The minimum atomic E-state index is -0.755. The average molecular weight is 335 g/mol. The molecule has 0 heterocycles. The van der Waals surface area contributed by atoms with Crippen molar-refractivity contribution < 1.29 is 14.0 Å². The van der Waals surface area contributed by atoms with Crippen LogP contribution in [0.1, 0.15) is 11.1 Å². The Labute approximate surface area is 138 Å². The molecular weight excluding hydrogens is 319 g/mol. The largest absolute Gasteiger partial charge is 0.347 e. The normalized spacial score (nSPS) is 10.2. The van der Waals surface area contributed by atoms with Crippen LogP contribution in [0.15, 0.2) is 42.5 Å². The summed E-state index contributed by atoms with van der Waals surface area (Å²) in [5.41, 5.74) is 2.07. The number of halogens is 2. The molecule has 0 aromatic heterocycles. The smallest absolute Gasteiger partial charge is 0.313 e.